The molecule has 0 aromatic heterocycles. The van der Waals surface area contributed by atoms with E-state index in [9.17, 15) is 9.18 Å². The first-order valence-corrected chi connectivity index (χ1v) is 5.52. The summed E-state index contributed by atoms with van der Waals surface area (Å²) in [5.41, 5.74) is 2.79. The largest absolute Gasteiger partial charge is 0.298 e. The highest BCUT2D eigenvalue weighted by atomic mass is 19.1. The molecule has 2 heteroatoms. The van der Waals surface area contributed by atoms with Gasteiger partial charge < -0.3 is 0 Å². The summed E-state index contributed by atoms with van der Waals surface area (Å²) >= 11 is 0. The maximum atomic E-state index is 13.1. The Bertz CT molecular complexity index is 630. The van der Waals surface area contributed by atoms with Crippen LogP contribution in [0.25, 0.3) is 0 Å². The van der Waals surface area contributed by atoms with Gasteiger partial charge in [-0.15, -0.1) is 0 Å². The molecular formula is C16H11FO. The highest BCUT2D eigenvalue weighted by Gasteiger charge is 2.00. The fourth-order valence-corrected chi connectivity index (χ4v) is 1.52. The normalized spacial score (nSPS) is 9.44. The van der Waals surface area contributed by atoms with Crippen molar-refractivity contribution >= 4 is 6.29 Å². The van der Waals surface area contributed by atoms with Gasteiger partial charge in [-0.2, -0.15) is 0 Å². The molecule has 0 radical (unpaired) electrons. The molecule has 0 aliphatic carbocycles. The SMILES string of the molecule is Cc1ccc(C#Cc2cc(F)ccc2C=O)cc1. The van der Waals surface area contributed by atoms with E-state index < -0.39 is 5.82 Å². The number of aldehydes is 1. The van der Waals surface area contributed by atoms with Gasteiger partial charge in [0.25, 0.3) is 0 Å². The molecule has 0 aliphatic heterocycles. The number of benzene rings is 2. The smallest absolute Gasteiger partial charge is 0.151 e. The first kappa shape index (κ1) is 12.1. The van der Waals surface area contributed by atoms with Gasteiger partial charge in [0.2, 0.25) is 0 Å². The maximum absolute atomic E-state index is 13.1. The van der Waals surface area contributed by atoms with E-state index in [1.165, 1.54) is 18.2 Å². The van der Waals surface area contributed by atoms with Crippen LogP contribution in [-0.4, -0.2) is 6.29 Å². The molecule has 0 unspecified atom stereocenters. The van der Waals surface area contributed by atoms with Gasteiger partial charge in [0.1, 0.15) is 5.82 Å². The van der Waals surface area contributed by atoms with Crippen molar-refractivity contribution in [2.24, 2.45) is 0 Å². The molecule has 0 bridgehead atoms. The van der Waals surface area contributed by atoms with Crippen molar-refractivity contribution in [3.63, 3.8) is 0 Å². The molecule has 2 aromatic carbocycles. The summed E-state index contributed by atoms with van der Waals surface area (Å²) in [6, 6.07) is 11.6. The zero-order chi connectivity index (χ0) is 13.0. The molecule has 0 atom stereocenters. The fraction of sp³-hybridized carbons (Fsp3) is 0.0625. The standard InChI is InChI=1S/C16H11FO/c1-12-2-4-13(5-3-12)6-7-14-10-16(17)9-8-15(14)11-18/h2-5,8-11H,1H3. The molecule has 2 aromatic rings. The second-order valence-electron chi connectivity index (χ2n) is 3.97. The Kier molecular flexibility index (Phi) is 3.54. The first-order chi connectivity index (χ1) is 8.69. The Labute approximate surface area is 105 Å². The lowest BCUT2D eigenvalue weighted by atomic mass is 10.1. The Balaban J connectivity index is 2.37. The molecule has 18 heavy (non-hydrogen) atoms. The Morgan fingerprint density at radius 2 is 1.78 bits per heavy atom. The molecule has 0 fully saturated rings. The van der Waals surface area contributed by atoms with E-state index in [4.69, 9.17) is 0 Å². The number of halogens is 1. The van der Waals surface area contributed by atoms with Gasteiger partial charge in [0, 0.05) is 16.7 Å². The van der Waals surface area contributed by atoms with E-state index in [-0.39, 0.29) is 0 Å². The minimum atomic E-state index is -0.395. The lowest BCUT2D eigenvalue weighted by molar-refractivity contribution is 0.112. The quantitative estimate of drug-likeness (QED) is 0.550. The number of carbonyl (C=O) groups excluding carboxylic acids is 1. The third kappa shape index (κ3) is 2.83. The van der Waals surface area contributed by atoms with Crippen LogP contribution in [0.15, 0.2) is 42.5 Å². The molecule has 88 valence electrons. The van der Waals surface area contributed by atoms with Crippen LogP contribution in [0.5, 0.6) is 0 Å². The first-order valence-electron chi connectivity index (χ1n) is 5.52. The summed E-state index contributed by atoms with van der Waals surface area (Å²) in [7, 11) is 0. The van der Waals surface area contributed by atoms with Crippen molar-refractivity contribution in [1.82, 2.24) is 0 Å². The van der Waals surface area contributed by atoms with Crippen molar-refractivity contribution in [2.75, 3.05) is 0 Å². The second-order valence-corrected chi connectivity index (χ2v) is 3.97. The monoisotopic (exact) mass is 238 g/mol. The summed E-state index contributed by atoms with van der Waals surface area (Å²) in [5.74, 6) is 5.34. The minimum absolute atomic E-state index is 0.395. The Morgan fingerprint density at radius 3 is 2.44 bits per heavy atom. The van der Waals surface area contributed by atoms with Crippen LogP contribution in [0.4, 0.5) is 4.39 Å². The summed E-state index contributed by atoms with van der Waals surface area (Å²) in [6.07, 6.45) is 0.679. The van der Waals surface area contributed by atoms with Crippen molar-refractivity contribution in [2.45, 2.75) is 6.92 Å². The number of aryl methyl sites for hydroxylation is 1. The van der Waals surface area contributed by atoms with E-state index in [0.29, 0.717) is 17.4 Å². The summed E-state index contributed by atoms with van der Waals surface area (Å²) in [5, 5.41) is 0. The highest BCUT2D eigenvalue weighted by molar-refractivity contribution is 5.79. The van der Waals surface area contributed by atoms with Crippen molar-refractivity contribution in [3.05, 3.63) is 70.5 Å². The van der Waals surface area contributed by atoms with Crippen molar-refractivity contribution < 1.29 is 9.18 Å². The van der Waals surface area contributed by atoms with E-state index in [2.05, 4.69) is 11.8 Å². The number of hydrogen-bond acceptors (Lipinski definition) is 1. The molecule has 2 rings (SSSR count). The molecule has 0 N–H and O–H groups in total. The van der Waals surface area contributed by atoms with Crippen LogP contribution in [-0.2, 0) is 0 Å². The van der Waals surface area contributed by atoms with Crippen LogP contribution in [0, 0.1) is 24.6 Å². The number of rotatable bonds is 1. The van der Waals surface area contributed by atoms with Gasteiger partial charge in [-0.3, -0.25) is 4.79 Å². The fourth-order valence-electron chi connectivity index (χ4n) is 1.52. The van der Waals surface area contributed by atoms with E-state index in [1.54, 1.807) is 0 Å². The average Bonchev–Trinajstić information content (AvgIpc) is 2.38. The van der Waals surface area contributed by atoms with Gasteiger partial charge in [-0.25, -0.2) is 4.39 Å². The van der Waals surface area contributed by atoms with Gasteiger partial charge >= 0.3 is 0 Å². The number of carbonyl (C=O) groups is 1. The molecule has 0 amide bonds. The topological polar surface area (TPSA) is 17.1 Å². The number of hydrogen-bond donors (Lipinski definition) is 0. The summed E-state index contributed by atoms with van der Waals surface area (Å²) in [6.45, 7) is 1.99. The third-order valence-corrected chi connectivity index (χ3v) is 2.54. The van der Waals surface area contributed by atoms with Crippen molar-refractivity contribution in [3.8, 4) is 11.8 Å². The Hall–Kier alpha value is -2.40. The maximum Gasteiger partial charge on any atom is 0.151 e. The molecule has 0 saturated carbocycles. The molecule has 0 saturated heterocycles. The Morgan fingerprint density at radius 1 is 1.06 bits per heavy atom. The van der Waals surface area contributed by atoms with Crippen molar-refractivity contribution in [1.29, 1.82) is 0 Å². The highest BCUT2D eigenvalue weighted by Crippen LogP contribution is 2.09. The average molecular weight is 238 g/mol. The van der Waals surface area contributed by atoms with Gasteiger partial charge in [0.05, 0.1) is 0 Å². The van der Waals surface area contributed by atoms with Crippen LogP contribution in [0.1, 0.15) is 27.0 Å². The zero-order valence-corrected chi connectivity index (χ0v) is 9.91. The molecule has 0 aliphatic rings. The van der Waals surface area contributed by atoms with Gasteiger partial charge in [-0.1, -0.05) is 29.5 Å². The minimum Gasteiger partial charge on any atom is -0.298 e. The van der Waals surface area contributed by atoms with Crippen LogP contribution >= 0.6 is 0 Å². The van der Waals surface area contributed by atoms with Gasteiger partial charge in [0.15, 0.2) is 6.29 Å². The van der Waals surface area contributed by atoms with E-state index in [1.807, 2.05) is 31.2 Å². The van der Waals surface area contributed by atoms with Gasteiger partial charge in [-0.05, 0) is 37.3 Å². The summed E-state index contributed by atoms with van der Waals surface area (Å²) < 4.78 is 13.1. The van der Waals surface area contributed by atoms with E-state index >= 15 is 0 Å². The molecule has 0 heterocycles. The van der Waals surface area contributed by atoms with E-state index in [0.717, 1.165) is 11.1 Å². The zero-order valence-electron chi connectivity index (χ0n) is 9.91. The molecule has 1 nitrogen and oxygen atoms in total. The lowest BCUT2D eigenvalue weighted by Gasteiger charge is -1.96. The lowest BCUT2D eigenvalue weighted by Crippen LogP contribution is -1.88. The van der Waals surface area contributed by atoms with Crippen LogP contribution in [0.3, 0.4) is 0 Å². The predicted octanol–water partition coefficient (Wildman–Crippen LogP) is 3.35. The second kappa shape index (κ2) is 5.29. The third-order valence-electron chi connectivity index (χ3n) is 2.54. The summed E-state index contributed by atoms with van der Waals surface area (Å²) in [4.78, 5) is 10.8. The van der Waals surface area contributed by atoms with Crippen LogP contribution in [0.2, 0.25) is 0 Å². The molecule has 0 spiro atoms. The van der Waals surface area contributed by atoms with Crippen LogP contribution < -0.4 is 0 Å². The predicted molar refractivity (Wildman–Crippen MR) is 68.9 cm³/mol. The molecular weight excluding hydrogens is 227 g/mol.